The van der Waals surface area contributed by atoms with Crippen molar-refractivity contribution in [1.82, 2.24) is 9.46 Å². The van der Waals surface area contributed by atoms with Crippen LogP contribution in [-0.2, 0) is 21.4 Å². The van der Waals surface area contributed by atoms with Gasteiger partial charge < -0.3 is 9.63 Å². The highest BCUT2D eigenvalue weighted by atomic mass is 32.2. The number of carboxylic acids is 1. The van der Waals surface area contributed by atoms with E-state index in [9.17, 15) is 13.2 Å². The van der Waals surface area contributed by atoms with Gasteiger partial charge in [0, 0.05) is 6.54 Å². The van der Waals surface area contributed by atoms with Gasteiger partial charge in [-0.15, -0.1) is 0 Å². The number of aliphatic carboxylic acids is 1. The molecule has 7 nitrogen and oxygen atoms in total. The fraction of sp³-hybridized carbons (Fsp3) is 0.286. The Hall–Kier alpha value is -2.19. The molecule has 1 aromatic carbocycles. The predicted octanol–water partition coefficient (Wildman–Crippen LogP) is 1.57. The summed E-state index contributed by atoms with van der Waals surface area (Å²) in [5.74, 6) is -1.09. The Bertz CT molecular complexity index is 748. The van der Waals surface area contributed by atoms with Crippen molar-refractivity contribution >= 4 is 16.0 Å². The lowest BCUT2D eigenvalue weighted by molar-refractivity contribution is -0.137. The summed E-state index contributed by atoms with van der Waals surface area (Å²) in [5, 5.41) is 12.6. The Morgan fingerprint density at radius 2 is 1.91 bits per heavy atom. The van der Waals surface area contributed by atoms with E-state index in [-0.39, 0.29) is 22.9 Å². The summed E-state index contributed by atoms with van der Waals surface area (Å²) in [6.07, 6.45) is 0. The zero-order chi connectivity index (χ0) is 16.3. The van der Waals surface area contributed by atoms with Crippen molar-refractivity contribution in [1.29, 1.82) is 0 Å². The molecule has 0 aliphatic heterocycles. The van der Waals surface area contributed by atoms with E-state index in [1.54, 1.807) is 30.3 Å². The van der Waals surface area contributed by atoms with Gasteiger partial charge in [-0.25, -0.2) is 8.42 Å². The summed E-state index contributed by atoms with van der Waals surface area (Å²) < 4.78 is 31.3. The maximum absolute atomic E-state index is 12.7. The monoisotopic (exact) mass is 324 g/mol. The van der Waals surface area contributed by atoms with E-state index in [1.165, 1.54) is 13.8 Å². The van der Waals surface area contributed by atoms with Gasteiger partial charge in [0.15, 0.2) is 5.76 Å². The minimum atomic E-state index is -4.02. The van der Waals surface area contributed by atoms with Crippen LogP contribution in [0.15, 0.2) is 39.8 Å². The Labute approximate surface area is 128 Å². The highest BCUT2D eigenvalue weighted by Gasteiger charge is 2.32. The quantitative estimate of drug-likeness (QED) is 0.865. The Morgan fingerprint density at radius 1 is 1.27 bits per heavy atom. The fourth-order valence-corrected chi connectivity index (χ4v) is 3.80. The summed E-state index contributed by atoms with van der Waals surface area (Å²) in [7, 11) is -4.02. The Kier molecular flexibility index (Phi) is 4.62. The van der Waals surface area contributed by atoms with E-state index >= 15 is 0 Å². The number of rotatable bonds is 6. The molecule has 0 saturated carbocycles. The van der Waals surface area contributed by atoms with Gasteiger partial charge in [0.2, 0.25) is 10.0 Å². The van der Waals surface area contributed by atoms with Gasteiger partial charge in [-0.3, -0.25) is 4.79 Å². The molecular formula is C14H16N2O5S. The van der Waals surface area contributed by atoms with Crippen LogP contribution in [0.5, 0.6) is 0 Å². The molecule has 1 heterocycles. The highest BCUT2D eigenvalue weighted by Crippen LogP contribution is 2.24. The average Bonchev–Trinajstić information content (AvgIpc) is 2.78. The van der Waals surface area contributed by atoms with Crippen molar-refractivity contribution in [2.75, 3.05) is 6.54 Å². The van der Waals surface area contributed by atoms with E-state index in [4.69, 9.17) is 9.63 Å². The number of hydrogen-bond donors (Lipinski definition) is 1. The third-order valence-corrected chi connectivity index (χ3v) is 5.12. The average molecular weight is 324 g/mol. The van der Waals surface area contributed by atoms with Crippen LogP contribution in [-0.4, -0.2) is 35.5 Å². The third kappa shape index (κ3) is 3.34. The topological polar surface area (TPSA) is 101 Å². The lowest BCUT2D eigenvalue weighted by atomic mass is 10.2. The molecule has 0 spiro atoms. The molecule has 1 N–H and O–H groups in total. The molecule has 0 aliphatic rings. The molecule has 118 valence electrons. The first kappa shape index (κ1) is 16.2. The first-order chi connectivity index (χ1) is 10.3. The van der Waals surface area contributed by atoms with Gasteiger partial charge in [-0.05, 0) is 19.4 Å². The molecular weight excluding hydrogens is 308 g/mol. The molecule has 0 aliphatic carbocycles. The van der Waals surface area contributed by atoms with E-state index in [0.29, 0.717) is 5.56 Å². The molecule has 2 rings (SSSR count). The number of hydrogen-bond acceptors (Lipinski definition) is 5. The SMILES string of the molecule is Cc1noc(C)c1S(=O)(=O)N(CC(=O)O)Cc1ccccc1. The molecule has 0 amide bonds. The summed E-state index contributed by atoms with van der Waals surface area (Å²) in [5.41, 5.74) is 0.903. The number of aryl methyl sites for hydroxylation is 2. The first-order valence-corrected chi connectivity index (χ1v) is 7.95. The van der Waals surface area contributed by atoms with Crippen LogP contribution in [0.3, 0.4) is 0 Å². The Morgan fingerprint density at radius 3 is 2.41 bits per heavy atom. The fourth-order valence-electron chi connectivity index (χ4n) is 2.14. The molecule has 0 unspecified atom stereocenters. The molecule has 0 bridgehead atoms. The van der Waals surface area contributed by atoms with Crippen LogP contribution in [0.1, 0.15) is 17.0 Å². The van der Waals surface area contributed by atoms with Crippen LogP contribution in [0, 0.1) is 13.8 Å². The van der Waals surface area contributed by atoms with Crippen molar-refractivity contribution < 1.29 is 22.8 Å². The zero-order valence-corrected chi connectivity index (χ0v) is 13.0. The molecule has 8 heteroatoms. The highest BCUT2D eigenvalue weighted by molar-refractivity contribution is 7.89. The first-order valence-electron chi connectivity index (χ1n) is 6.51. The van der Waals surface area contributed by atoms with E-state index in [0.717, 1.165) is 4.31 Å². The van der Waals surface area contributed by atoms with Crippen LogP contribution in [0.25, 0.3) is 0 Å². The van der Waals surface area contributed by atoms with Crippen LogP contribution in [0.2, 0.25) is 0 Å². The maximum Gasteiger partial charge on any atom is 0.318 e. The van der Waals surface area contributed by atoms with Gasteiger partial charge >= 0.3 is 5.97 Å². The molecule has 0 radical (unpaired) electrons. The number of benzene rings is 1. The van der Waals surface area contributed by atoms with E-state index < -0.39 is 22.5 Å². The number of nitrogens with zero attached hydrogens (tertiary/aromatic N) is 2. The van der Waals surface area contributed by atoms with Gasteiger partial charge in [-0.2, -0.15) is 4.31 Å². The molecule has 0 atom stereocenters. The lowest BCUT2D eigenvalue weighted by Gasteiger charge is -2.20. The van der Waals surface area contributed by atoms with Crippen molar-refractivity contribution in [2.45, 2.75) is 25.3 Å². The number of sulfonamides is 1. The number of carboxylic acid groups (broad SMARTS) is 1. The van der Waals surface area contributed by atoms with E-state index in [1.807, 2.05) is 0 Å². The van der Waals surface area contributed by atoms with Crippen molar-refractivity contribution in [3.63, 3.8) is 0 Å². The molecule has 1 aromatic heterocycles. The second-order valence-corrected chi connectivity index (χ2v) is 6.68. The minimum absolute atomic E-state index is 0.0421. The van der Waals surface area contributed by atoms with Crippen molar-refractivity contribution in [3.05, 3.63) is 47.3 Å². The van der Waals surface area contributed by atoms with Crippen LogP contribution >= 0.6 is 0 Å². The number of aromatic nitrogens is 1. The van der Waals surface area contributed by atoms with Gasteiger partial charge in [-0.1, -0.05) is 35.5 Å². The second-order valence-electron chi connectivity index (χ2n) is 4.81. The second kappa shape index (κ2) is 6.29. The van der Waals surface area contributed by atoms with Gasteiger partial charge in [0.1, 0.15) is 17.1 Å². The summed E-state index contributed by atoms with van der Waals surface area (Å²) in [6.45, 7) is 2.31. The van der Waals surface area contributed by atoms with Crippen LogP contribution < -0.4 is 0 Å². The predicted molar refractivity (Wildman–Crippen MR) is 77.7 cm³/mol. The van der Waals surface area contributed by atoms with E-state index in [2.05, 4.69) is 5.16 Å². The standard InChI is InChI=1S/C14H16N2O5S/c1-10-14(11(2)21-15-10)22(19,20)16(9-13(17)18)8-12-6-4-3-5-7-12/h3-7H,8-9H2,1-2H3,(H,17,18). The molecule has 0 fully saturated rings. The Balaban J connectivity index is 2.42. The van der Waals surface area contributed by atoms with Crippen molar-refractivity contribution in [3.8, 4) is 0 Å². The van der Waals surface area contributed by atoms with Gasteiger partial charge in [0.25, 0.3) is 0 Å². The summed E-state index contributed by atoms with van der Waals surface area (Å²) in [6, 6.07) is 8.79. The smallest absolute Gasteiger partial charge is 0.318 e. The normalized spacial score (nSPS) is 11.8. The van der Waals surface area contributed by atoms with Crippen LogP contribution in [0.4, 0.5) is 0 Å². The summed E-state index contributed by atoms with van der Waals surface area (Å²) >= 11 is 0. The summed E-state index contributed by atoms with van der Waals surface area (Å²) in [4.78, 5) is 11.0. The largest absolute Gasteiger partial charge is 0.480 e. The third-order valence-electron chi connectivity index (χ3n) is 3.08. The molecule has 22 heavy (non-hydrogen) atoms. The molecule has 2 aromatic rings. The minimum Gasteiger partial charge on any atom is -0.480 e. The van der Waals surface area contributed by atoms with Crippen molar-refractivity contribution in [2.24, 2.45) is 0 Å². The number of carbonyl (C=O) groups is 1. The maximum atomic E-state index is 12.7. The molecule has 0 saturated heterocycles. The lowest BCUT2D eigenvalue weighted by Crippen LogP contribution is -2.35. The zero-order valence-electron chi connectivity index (χ0n) is 12.2. The van der Waals surface area contributed by atoms with Gasteiger partial charge in [0.05, 0.1) is 0 Å².